The molecular formula is C20H32O3. The first-order chi connectivity index (χ1) is 11.2. The maximum Gasteiger partial charge on any atom is 0.303 e. The fourth-order valence-electron chi connectivity index (χ4n) is 1.95. The van der Waals surface area contributed by atoms with Gasteiger partial charge in [0.2, 0.25) is 0 Å². The zero-order chi connectivity index (χ0) is 17.2. The van der Waals surface area contributed by atoms with Crippen molar-refractivity contribution in [1.82, 2.24) is 0 Å². The molecule has 0 saturated heterocycles. The van der Waals surface area contributed by atoms with Gasteiger partial charge < -0.3 is 10.2 Å². The molecule has 0 aromatic heterocycles. The molecule has 0 aliphatic carbocycles. The van der Waals surface area contributed by atoms with E-state index in [1.807, 2.05) is 12.2 Å². The lowest BCUT2D eigenvalue weighted by atomic mass is 10.2. The van der Waals surface area contributed by atoms with Gasteiger partial charge in [-0.3, -0.25) is 4.79 Å². The Morgan fingerprint density at radius 1 is 0.913 bits per heavy atom. The van der Waals surface area contributed by atoms with Crippen LogP contribution in [0.3, 0.4) is 0 Å². The van der Waals surface area contributed by atoms with Crippen LogP contribution in [0.25, 0.3) is 0 Å². The van der Waals surface area contributed by atoms with Crippen LogP contribution < -0.4 is 0 Å². The largest absolute Gasteiger partial charge is 0.481 e. The molecule has 0 spiro atoms. The number of aliphatic hydroxyl groups excluding tert-OH is 1. The number of allylic oxidation sites excluding steroid dienone is 6. The summed E-state index contributed by atoms with van der Waals surface area (Å²) in [6.45, 7) is 2.22. The maximum absolute atomic E-state index is 10.3. The molecule has 3 heteroatoms. The number of carboxylic acid groups (broad SMARTS) is 1. The molecule has 0 heterocycles. The van der Waals surface area contributed by atoms with Gasteiger partial charge >= 0.3 is 5.97 Å². The van der Waals surface area contributed by atoms with Gasteiger partial charge in [0.25, 0.3) is 0 Å². The fourth-order valence-corrected chi connectivity index (χ4v) is 1.95. The molecule has 0 aliphatic rings. The summed E-state index contributed by atoms with van der Waals surface area (Å²) in [6.07, 6.45) is 23.6. The van der Waals surface area contributed by atoms with Crippen LogP contribution in [0.1, 0.15) is 64.7 Å². The van der Waals surface area contributed by atoms with E-state index in [2.05, 4.69) is 31.2 Å². The molecule has 0 radical (unpaired) electrons. The predicted molar refractivity (Wildman–Crippen MR) is 97.4 cm³/mol. The SMILES string of the molecule is CCCCC/C=C/C/C=C/C/C=C/CC(O)/C=C/CCC(=O)O. The summed E-state index contributed by atoms with van der Waals surface area (Å²) in [5.74, 6) is -0.813. The quantitative estimate of drug-likeness (QED) is 0.342. The Labute approximate surface area is 141 Å². The summed E-state index contributed by atoms with van der Waals surface area (Å²) in [6, 6.07) is 0. The first-order valence-corrected chi connectivity index (χ1v) is 8.68. The highest BCUT2D eigenvalue weighted by atomic mass is 16.4. The van der Waals surface area contributed by atoms with Gasteiger partial charge in [0.05, 0.1) is 6.10 Å². The second-order valence-electron chi connectivity index (χ2n) is 5.55. The van der Waals surface area contributed by atoms with Crippen molar-refractivity contribution < 1.29 is 15.0 Å². The zero-order valence-electron chi connectivity index (χ0n) is 14.4. The van der Waals surface area contributed by atoms with Crippen molar-refractivity contribution >= 4 is 5.97 Å². The first-order valence-electron chi connectivity index (χ1n) is 8.68. The Kier molecular flexibility index (Phi) is 15.6. The van der Waals surface area contributed by atoms with Gasteiger partial charge in [0, 0.05) is 6.42 Å². The van der Waals surface area contributed by atoms with E-state index in [0.29, 0.717) is 12.8 Å². The van der Waals surface area contributed by atoms with Crippen molar-refractivity contribution in [1.29, 1.82) is 0 Å². The van der Waals surface area contributed by atoms with Gasteiger partial charge in [-0.05, 0) is 38.5 Å². The van der Waals surface area contributed by atoms with E-state index in [1.54, 1.807) is 12.2 Å². The monoisotopic (exact) mass is 320 g/mol. The van der Waals surface area contributed by atoms with Crippen LogP contribution in [0, 0.1) is 0 Å². The van der Waals surface area contributed by atoms with E-state index < -0.39 is 12.1 Å². The van der Waals surface area contributed by atoms with Gasteiger partial charge in [-0.2, -0.15) is 0 Å². The molecule has 0 aromatic rings. The summed E-state index contributed by atoms with van der Waals surface area (Å²) in [7, 11) is 0. The number of carbonyl (C=O) groups is 1. The minimum absolute atomic E-state index is 0.108. The highest BCUT2D eigenvalue weighted by Crippen LogP contribution is 2.02. The number of hydrogen-bond donors (Lipinski definition) is 2. The van der Waals surface area contributed by atoms with Gasteiger partial charge in [0.15, 0.2) is 0 Å². The predicted octanol–water partition coefficient (Wildman–Crippen LogP) is 5.19. The van der Waals surface area contributed by atoms with E-state index in [-0.39, 0.29) is 6.42 Å². The van der Waals surface area contributed by atoms with Gasteiger partial charge in [-0.1, -0.05) is 68.4 Å². The Morgan fingerprint density at radius 2 is 1.57 bits per heavy atom. The molecule has 0 aliphatic heterocycles. The van der Waals surface area contributed by atoms with Crippen molar-refractivity contribution in [3.8, 4) is 0 Å². The Bertz CT molecular complexity index is 392. The minimum atomic E-state index is -0.813. The lowest BCUT2D eigenvalue weighted by Crippen LogP contribution is -1.99. The fraction of sp³-hybridized carbons (Fsp3) is 0.550. The number of aliphatic hydroxyl groups is 1. The molecule has 23 heavy (non-hydrogen) atoms. The van der Waals surface area contributed by atoms with Crippen LogP contribution in [0.2, 0.25) is 0 Å². The van der Waals surface area contributed by atoms with Crippen molar-refractivity contribution in [2.75, 3.05) is 0 Å². The molecule has 3 nitrogen and oxygen atoms in total. The number of rotatable bonds is 14. The van der Waals surface area contributed by atoms with E-state index in [4.69, 9.17) is 5.11 Å². The Morgan fingerprint density at radius 3 is 2.22 bits per heavy atom. The Balaban J connectivity index is 3.58. The van der Waals surface area contributed by atoms with Crippen LogP contribution in [-0.2, 0) is 4.79 Å². The van der Waals surface area contributed by atoms with E-state index in [0.717, 1.165) is 12.8 Å². The highest BCUT2D eigenvalue weighted by molar-refractivity contribution is 5.66. The van der Waals surface area contributed by atoms with Crippen molar-refractivity contribution in [2.24, 2.45) is 0 Å². The smallest absolute Gasteiger partial charge is 0.303 e. The Hall–Kier alpha value is -1.61. The van der Waals surface area contributed by atoms with E-state index >= 15 is 0 Å². The van der Waals surface area contributed by atoms with Crippen molar-refractivity contribution in [3.05, 3.63) is 48.6 Å². The molecule has 0 rings (SSSR count). The molecule has 0 aromatic carbocycles. The van der Waals surface area contributed by atoms with Crippen LogP contribution in [0.4, 0.5) is 0 Å². The summed E-state index contributed by atoms with van der Waals surface area (Å²) >= 11 is 0. The molecule has 0 amide bonds. The van der Waals surface area contributed by atoms with E-state index in [1.165, 1.54) is 25.7 Å². The highest BCUT2D eigenvalue weighted by Gasteiger charge is 1.96. The summed E-state index contributed by atoms with van der Waals surface area (Å²) in [5, 5.41) is 18.1. The maximum atomic E-state index is 10.3. The topological polar surface area (TPSA) is 57.5 Å². The molecule has 0 saturated carbocycles. The summed E-state index contributed by atoms with van der Waals surface area (Å²) < 4.78 is 0. The van der Waals surface area contributed by atoms with Crippen molar-refractivity contribution in [3.63, 3.8) is 0 Å². The standard InChI is InChI=1S/C20H32O3/c1-2-3-4-5-6-7-8-9-10-11-12-13-16-19(21)17-14-15-18-20(22)23/h6-7,9-10,12-14,17,19,21H,2-5,8,11,15-16,18H2,1H3,(H,22,23)/b7-6+,10-9+,13-12+,17-14+. The van der Waals surface area contributed by atoms with E-state index in [9.17, 15) is 9.90 Å². The third kappa shape index (κ3) is 18.3. The lowest BCUT2D eigenvalue weighted by molar-refractivity contribution is -0.136. The number of hydrogen-bond acceptors (Lipinski definition) is 2. The number of unbranched alkanes of at least 4 members (excludes halogenated alkanes) is 3. The second-order valence-corrected chi connectivity index (χ2v) is 5.55. The molecule has 130 valence electrons. The third-order valence-corrected chi connectivity index (χ3v) is 3.28. The van der Waals surface area contributed by atoms with Crippen LogP contribution in [0.5, 0.6) is 0 Å². The molecule has 1 unspecified atom stereocenters. The molecule has 2 N–H and O–H groups in total. The number of aliphatic carboxylic acids is 1. The summed E-state index contributed by atoms with van der Waals surface area (Å²) in [5.41, 5.74) is 0. The molecular weight excluding hydrogens is 288 g/mol. The number of carboxylic acids is 1. The van der Waals surface area contributed by atoms with Gasteiger partial charge in [-0.15, -0.1) is 0 Å². The van der Waals surface area contributed by atoms with Crippen LogP contribution in [-0.4, -0.2) is 22.3 Å². The third-order valence-electron chi connectivity index (χ3n) is 3.28. The zero-order valence-corrected chi connectivity index (χ0v) is 14.4. The first kappa shape index (κ1) is 21.4. The van der Waals surface area contributed by atoms with Crippen molar-refractivity contribution in [2.45, 2.75) is 70.8 Å². The molecule has 0 bridgehead atoms. The van der Waals surface area contributed by atoms with Crippen LogP contribution >= 0.6 is 0 Å². The molecule has 0 fully saturated rings. The second kappa shape index (κ2) is 16.8. The van der Waals surface area contributed by atoms with Crippen LogP contribution in [0.15, 0.2) is 48.6 Å². The lowest BCUT2D eigenvalue weighted by Gasteiger charge is -1.99. The van der Waals surface area contributed by atoms with Gasteiger partial charge in [-0.25, -0.2) is 0 Å². The average Bonchev–Trinajstić information content (AvgIpc) is 2.52. The average molecular weight is 320 g/mol. The molecule has 1 atom stereocenters. The summed E-state index contributed by atoms with van der Waals surface area (Å²) in [4.78, 5) is 10.3. The van der Waals surface area contributed by atoms with Gasteiger partial charge in [0.1, 0.15) is 0 Å². The minimum Gasteiger partial charge on any atom is -0.481 e. The normalized spacial score (nSPS) is 13.8.